The van der Waals surface area contributed by atoms with Crippen LogP contribution in [0.5, 0.6) is 0 Å². The average Bonchev–Trinajstić information content (AvgIpc) is 3.76. The fourth-order valence-corrected chi connectivity index (χ4v) is 8.39. The van der Waals surface area contributed by atoms with Crippen molar-refractivity contribution in [2.45, 2.75) is 0 Å². The Labute approximate surface area is 293 Å². The third-order valence-corrected chi connectivity index (χ3v) is 10.5. The molecule has 0 aliphatic carbocycles. The van der Waals surface area contributed by atoms with Gasteiger partial charge < -0.3 is 13.9 Å². The fraction of sp³-hybridized carbons (Fsp3) is 0. The molecule has 9 aromatic carbocycles. The van der Waals surface area contributed by atoms with Gasteiger partial charge in [-0.25, -0.2) is 0 Å². The van der Waals surface area contributed by atoms with Crippen molar-refractivity contribution in [3.63, 3.8) is 0 Å². The van der Waals surface area contributed by atoms with Crippen molar-refractivity contribution in [2.24, 2.45) is 0 Å². The van der Waals surface area contributed by atoms with Crippen LogP contribution in [0.1, 0.15) is 0 Å². The molecule has 0 unspecified atom stereocenters. The summed E-state index contributed by atoms with van der Waals surface area (Å²) in [6, 6.07) is 65.4. The molecule has 238 valence electrons. The van der Waals surface area contributed by atoms with Crippen LogP contribution in [-0.2, 0) is 0 Å². The van der Waals surface area contributed by atoms with Crippen LogP contribution in [0.15, 0.2) is 186 Å². The lowest BCUT2D eigenvalue weighted by Gasteiger charge is -2.27. The van der Waals surface area contributed by atoms with E-state index in [9.17, 15) is 0 Å². The summed E-state index contributed by atoms with van der Waals surface area (Å²) in [6.07, 6.45) is 0. The number of furan rings is 1. The molecule has 2 aromatic heterocycles. The van der Waals surface area contributed by atoms with Gasteiger partial charge in [0.2, 0.25) is 0 Å². The first-order valence-corrected chi connectivity index (χ1v) is 17.4. The summed E-state index contributed by atoms with van der Waals surface area (Å²) in [4.78, 5) is 2.41. The van der Waals surface area contributed by atoms with Crippen molar-refractivity contribution >= 4 is 93.1 Å². The number of para-hydroxylation sites is 5. The minimum absolute atomic E-state index is 0.918. The lowest BCUT2D eigenvalue weighted by Crippen LogP contribution is -2.11. The summed E-state index contributed by atoms with van der Waals surface area (Å²) in [5, 5.41) is 12.0. The molecule has 0 saturated heterocycles. The van der Waals surface area contributed by atoms with E-state index in [1.807, 2.05) is 6.07 Å². The van der Waals surface area contributed by atoms with Gasteiger partial charge in [0, 0.05) is 49.4 Å². The molecule has 0 amide bonds. The molecule has 2 heterocycles. The quantitative estimate of drug-likeness (QED) is 0.177. The molecule has 0 aliphatic rings. The minimum atomic E-state index is 0.918. The Hall–Kier alpha value is -6.84. The molecule has 3 heteroatoms. The Balaban J connectivity index is 1.21. The van der Waals surface area contributed by atoms with Gasteiger partial charge in [0.25, 0.3) is 0 Å². The average molecular weight is 651 g/mol. The third-order valence-electron chi connectivity index (χ3n) is 10.5. The largest absolute Gasteiger partial charge is 0.455 e. The van der Waals surface area contributed by atoms with Gasteiger partial charge in [-0.15, -0.1) is 0 Å². The number of anilines is 3. The van der Waals surface area contributed by atoms with E-state index >= 15 is 0 Å². The lowest BCUT2D eigenvalue weighted by atomic mass is 9.93. The minimum Gasteiger partial charge on any atom is -0.455 e. The Morgan fingerprint density at radius 3 is 1.88 bits per heavy atom. The molecule has 0 saturated carbocycles. The Morgan fingerprint density at radius 2 is 1.06 bits per heavy atom. The topological polar surface area (TPSA) is 21.3 Å². The van der Waals surface area contributed by atoms with Gasteiger partial charge in [0.1, 0.15) is 11.2 Å². The highest BCUT2D eigenvalue weighted by Crippen LogP contribution is 2.46. The third kappa shape index (κ3) is 4.06. The van der Waals surface area contributed by atoms with Crippen molar-refractivity contribution in [3.05, 3.63) is 182 Å². The first-order chi connectivity index (χ1) is 25.3. The smallest absolute Gasteiger partial charge is 0.143 e. The molecule has 0 aliphatic heterocycles. The van der Waals surface area contributed by atoms with Crippen LogP contribution < -0.4 is 4.90 Å². The van der Waals surface area contributed by atoms with E-state index in [1.165, 1.54) is 54.1 Å². The van der Waals surface area contributed by atoms with Crippen LogP contribution >= 0.6 is 0 Å². The number of aromatic nitrogens is 1. The maximum absolute atomic E-state index is 6.60. The summed E-state index contributed by atoms with van der Waals surface area (Å²) in [5.74, 6) is 0. The SMILES string of the molecule is c1ccc(N(c2ccc3c(ccc4c5oc6ccccc6c5c5ccccc5c34)c2)c2cccc3c4ccccc4n(-c4ccccc4)c23)cc1. The van der Waals surface area contributed by atoms with E-state index in [0.717, 1.165) is 44.7 Å². The molecule has 51 heavy (non-hydrogen) atoms. The number of rotatable bonds is 4. The van der Waals surface area contributed by atoms with Gasteiger partial charge in [-0.3, -0.25) is 0 Å². The fourth-order valence-electron chi connectivity index (χ4n) is 8.39. The highest BCUT2D eigenvalue weighted by Gasteiger charge is 2.22. The Bertz CT molecular complexity index is 3140. The second kappa shape index (κ2) is 10.8. The van der Waals surface area contributed by atoms with Crippen LogP contribution in [0.25, 0.3) is 81.7 Å². The van der Waals surface area contributed by atoms with Gasteiger partial charge >= 0.3 is 0 Å². The summed E-state index contributed by atoms with van der Waals surface area (Å²) in [5.41, 5.74) is 8.68. The molecule has 0 N–H and O–H groups in total. The van der Waals surface area contributed by atoms with E-state index in [-0.39, 0.29) is 0 Å². The van der Waals surface area contributed by atoms with E-state index in [1.54, 1.807) is 0 Å². The van der Waals surface area contributed by atoms with Crippen molar-refractivity contribution in [1.82, 2.24) is 4.57 Å². The van der Waals surface area contributed by atoms with Crippen LogP contribution in [-0.4, -0.2) is 4.57 Å². The van der Waals surface area contributed by atoms with Crippen molar-refractivity contribution in [1.29, 1.82) is 0 Å². The molecule has 11 rings (SSSR count). The second-order valence-corrected chi connectivity index (χ2v) is 13.3. The summed E-state index contributed by atoms with van der Waals surface area (Å²) in [6.45, 7) is 0. The van der Waals surface area contributed by atoms with Crippen molar-refractivity contribution < 1.29 is 4.42 Å². The molecule has 0 bridgehead atoms. The molecule has 3 nitrogen and oxygen atoms in total. The van der Waals surface area contributed by atoms with E-state index in [0.29, 0.717) is 0 Å². The zero-order chi connectivity index (χ0) is 33.5. The highest BCUT2D eigenvalue weighted by atomic mass is 16.3. The van der Waals surface area contributed by atoms with Gasteiger partial charge in [0.05, 0.1) is 16.7 Å². The number of nitrogens with zero attached hydrogens (tertiary/aromatic N) is 2. The Kier molecular flexibility index (Phi) is 5.96. The van der Waals surface area contributed by atoms with Gasteiger partial charge in [-0.2, -0.15) is 0 Å². The van der Waals surface area contributed by atoms with Crippen LogP contribution in [0.3, 0.4) is 0 Å². The first kappa shape index (κ1) is 28.0. The zero-order valence-corrected chi connectivity index (χ0v) is 27.6. The van der Waals surface area contributed by atoms with Crippen LogP contribution in [0.4, 0.5) is 17.1 Å². The standard InChI is InChI=1S/C48H30N2O/c1-3-14-32(15-4-1)49(43-24-13-22-39-36-18-9-11-23-42(36)50(47(39)43)33-16-5-2-6-17-33)34-27-29-35-31(30-34)26-28-41-45(35)37-19-7-8-20-38(37)46-40-21-10-12-25-44(40)51-48(41)46/h1-30H. The number of fused-ring (bicyclic) bond motifs is 13. The van der Waals surface area contributed by atoms with E-state index in [2.05, 4.69) is 185 Å². The molecular weight excluding hydrogens is 621 g/mol. The van der Waals surface area contributed by atoms with E-state index < -0.39 is 0 Å². The number of hydrogen-bond donors (Lipinski definition) is 0. The maximum atomic E-state index is 6.60. The predicted molar refractivity (Wildman–Crippen MR) is 215 cm³/mol. The summed E-state index contributed by atoms with van der Waals surface area (Å²) in [7, 11) is 0. The van der Waals surface area contributed by atoms with Gasteiger partial charge in [-0.05, 0) is 82.2 Å². The van der Waals surface area contributed by atoms with Crippen LogP contribution in [0.2, 0.25) is 0 Å². The van der Waals surface area contributed by atoms with Gasteiger partial charge in [0.15, 0.2) is 0 Å². The first-order valence-electron chi connectivity index (χ1n) is 17.4. The van der Waals surface area contributed by atoms with Crippen molar-refractivity contribution in [2.75, 3.05) is 4.90 Å². The zero-order valence-electron chi connectivity index (χ0n) is 27.6. The summed E-state index contributed by atoms with van der Waals surface area (Å²) >= 11 is 0. The normalized spacial score (nSPS) is 11.9. The monoisotopic (exact) mass is 650 g/mol. The van der Waals surface area contributed by atoms with Crippen LogP contribution in [0, 0.1) is 0 Å². The molecule has 0 spiro atoms. The van der Waals surface area contributed by atoms with Crippen molar-refractivity contribution in [3.8, 4) is 5.69 Å². The van der Waals surface area contributed by atoms with E-state index in [4.69, 9.17) is 4.42 Å². The molecule has 0 atom stereocenters. The molecule has 11 aromatic rings. The predicted octanol–water partition coefficient (Wildman–Crippen LogP) is 13.6. The lowest BCUT2D eigenvalue weighted by molar-refractivity contribution is 0.673. The number of hydrogen-bond acceptors (Lipinski definition) is 2. The Morgan fingerprint density at radius 1 is 0.412 bits per heavy atom. The molecule has 0 fully saturated rings. The summed E-state index contributed by atoms with van der Waals surface area (Å²) < 4.78 is 9.02. The molecule has 0 radical (unpaired) electrons. The molecular formula is C48H30N2O. The highest BCUT2D eigenvalue weighted by molar-refractivity contribution is 6.34. The number of benzene rings is 9. The maximum Gasteiger partial charge on any atom is 0.143 e. The van der Waals surface area contributed by atoms with Gasteiger partial charge in [-0.1, -0.05) is 121 Å². The second-order valence-electron chi connectivity index (χ2n) is 13.3.